The van der Waals surface area contributed by atoms with Crippen LogP contribution in [-0.2, 0) is 0 Å². The van der Waals surface area contributed by atoms with E-state index >= 15 is 0 Å². The number of aromatic amines is 1. The molecular formula is C7H9Cl2N3O. The van der Waals surface area contributed by atoms with Crippen molar-refractivity contribution in [3.63, 3.8) is 0 Å². The van der Waals surface area contributed by atoms with E-state index in [1.165, 1.54) is 0 Å². The maximum absolute atomic E-state index is 11.3. The molecule has 0 saturated heterocycles. The van der Waals surface area contributed by atoms with Crippen LogP contribution in [-0.4, -0.2) is 21.9 Å². The van der Waals surface area contributed by atoms with Crippen molar-refractivity contribution in [1.29, 1.82) is 0 Å². The summed E-state index contributed by atoms with van der Waals surface area (Å²) in [6.07, 6.45) is 0. The van der Waals surface area contributed by atoms with Crippen LogP contribution in [0.1, 0.15) is 24.5 Å². The molecule has 4 nitrogen and oxygen atoms in total. The van der Waals surface area contributed by atoms with Crippen LogP contribution >= 0.6 is 23.2 Å². The predicted molar refractivity (Wildman–Crippen MR) is 51.2 cm³/mol. The number of hydrogen-bond acceptors (Lipinski definition) is 2. The third-order valence-electron chi connectivity index (χ3n) is 1.25. The standard InChI is InChI=1S/C7H9Cl2N3O/c1-3(2)10-7(13)6-11-4(8)5(9)12-6/h3H,1-2H3,(H,10,13)(H,11,12). The first-order valence-corrected chi connectivity index (χ1v) is 4.48. The fourth-order valence-electron chi connectivity index (χ4n) is 0.769. The van der Waals surface area contributed by atoms with Crippen molar-refractivity contribution in [2.75, 3.05) is 0 Å². The second-order valence-corrected chi connectivity index (χ2v) is 3.55. The molecule has 0 aromatic carbocycles. The Morgan fingerprint density at radius 3 is 2.54 bits per heavy atom. The molecule has 0 aliphatic rings. The second kappa shape index (κ2) is 3.98. The van der Waals surface area contributed by atoms with Gasteiger partial charge in [-0.1, -0.05) is 23.2 Å². The molecule has 0 unspecified atom stereocenters. The van der Waals surface area contributed by atoms with Crippen molar-refractivity contribution >= 4 is 29.1 Å². The number of rotatable bonds is 2. The number of nitrogens with one attached hydrogen (secondary N) is 2. The zero-order chi connectivity index (χ0) is 10.0. The lowest BCUT2D eigenvalue weighted by molar-refractivity contribution is 0.0933. The van der Waals surface area contributed by atoms with Crippen molar-refractivity contribution in [2.45, 2.75) is 19.9 Å². The van der Waals surface area contributed by atoms with E-state index < -0.39 is 0 Å². The molecule has 6 heteroatoms. The molecule has 1 aromatic rings. The van der Waals surface area contributed by atoms with Crippen LogP contribution in [0.2, 0.25) is 10.3 Å². The van der Waals surface area contributed by atoms with Gasteiger partial charge in [0.05, 0.1) is 0 Å². The van der Waals surface area contributed by atoms with E-state index in [4.69, 9.17) is 23.2 Å². The fourth-order valence-corrected chi connectivity index (χ4v) is 1.03. The Bertz CT molecular complexity index is 302. The number of imidazole rings is 1. The Morgan fingerprint density at radius 2 is 2.15 bits per heavy atom. The lowest BCUT2D eigenvalue weighted by atomic mass is 10.4. The van der Waals surface area contributed by atoms with Gasteiger partial charge in [0, 0.05) is 6.04 Å². The number of carbonyl (C=O) groups is 1. The molecule has 0 fully saturated rings. The summed E-state index contributed by atoms with van der Waals surface area (Å²) in [6.45, 7) is 3.70. The molecule has 1 heterocycles. The number of amides is 1. The molecule has 0 aliphatic heterocycles. The van der Waals surface area contributed by atoms with Gasteiger partial charge in [-0.2, -0.15) is 0 Å². The first-order chi connectivity index (χ1) is 6.00. The van der Waals surface area contributed by atoms with E-state index in [-0.39, 0.29) is 28.1 Å². The summed E-state index contributed by atoms with van der Waals surface area (Å²) < 4.78 is 0. The van der Waals surface area contributed by atoms with E-state index in [9.17, 15) is 4.79 Å². The molecule has 1 amide bonds. The Morgan fingerprint density at radius 1 is 1.54 bits per heavy atom. The van der Waals surface area contributed by atoms with Gasteiger partial charge in [-0.3, -0.25) is 4.79 Å². The quantitative estimate of drug-likeness (QED) is 0.802. The largest absolute Gasteiger partial charge is 0.347 e. The Labute approximate surface area is 85.6 Å². The molecule has 0 bridgehead atoms. The van der Waals surface area contributed by atoms with Crippen LogP contribution in [0.25, 0.3) is 0 Å². The fraction of sp³-hybridized carbons (Fsp3) is 0.429. The average Bonchev–Trinajstić information content (AvgIpc) is 2.31. The zero-order valence-corrected chi connectivity index (χ0v) is 8.70. The number of hydrogen-bond donors (Lipinski definition) is 2. The van der Waals surface area contributed by atoms with Gasteiger partial charge in [-0.15, -0.1) is 0 Å². The van der Waals surface area contributed by atoms with Crippen molar-refractivity contribution in [3.05, 3.63) is 16.1 Å². The van der Waals surface area contributed by atoms with Gasteiger partial charge in [-0.05, 0) is 13.8 Å². The van der Waals surface area contributed by atoms with Gasteiger partial charge < -0.3 is 10.3 Å². The molecule has 13 heavy (non-hydrogen) atoms. The molecule has 2 N–H and O–H groups in total. The summed E-state index contributed by atoms with van der Waals surface area (Å²) in [5, 5.41) is 2.93. The first kappa shape index (κ1) is 10.3. The summed E-state index contributed by atoms with van der Waals surface area (Å²) in [5.41, 5.74) is 0. The predicted octanol–water partition coefficient (Wildman–Crippen LogP) is 1.85. The van der Waals surface area contributed by atoms with Crippen LogP contribution in [0.4, 0.5) is 0 Å². The Kier molecular flexibility index (Phi) is 3.17. The smallest absolute Gasteiger partial charge is 0.287 e. The SMILES string of the molecule is CC(C)NC(=O)c1nc(Cl)c(Cl)[nH]1. The first-order valence-electron chi connectivity index (χ1n) is 3.72. The summed E-state index contributed by atoms with van der Waals surface area (Å²) in [7, 11) is 0. The molecule has 0 saturated carbocycles. The number of carbonyl (C=O) groups excluding carboxylic acids is 1. The van der Waals surface area contributed by atoms with Gasteiger partial charge >= 0.3 is 0 Å². The minimum Gasteiger partial charge on any atom is -0.347 e. The molecule has 0 atom stereocenters. The summed E-state index contributed by atoms with van der Waals surface area (Å²) in [5.74, 6) is -0.187. The van der Waals surface area contributed by atoms with Crippen molar-refractivity contribution in [1.82, 2.24) is 15.3 Å². The highest BCUT2D eigenvalue weighted by Gasteiger charge is 2.13. The number of nitrogens with zero attached hydrogens (tertiary/aromatic N) is 1. The van der Waals surface area contributed by atoms with E-state index in [0.29, 0.717) is 0 Å². The molecule has 0 spiro atoms. The van der Waals surface area contributed by atoms with Crippen molar-refractivity contribution in [3.8, 4) is 0 Å². The van der Waals surface area contributed by atoms with E-state index in [1.807, 2.05) is 13.8 Å². The van der Waals surface area contributed by atoms with Crippen LogP contribution < -0.4 is 5.32 Å². The maximum atomic E-state index is 11.3. The minimum absolute atomic E-state index is 0.0511. The molecule has 0 aliphatic carbocycles. The van der Waals surface area contributed by atoms with Crippen molar-refractivity contribution < 1.29 is 4.79 Å². The summed E-state index contributed by atoms with van der Waals surface area (Å²) >= 11 is 11.1. The molecular weight excluding hydrogens is 213 g/mol. The average molecular weight is 222 g/mol. The van der Waals surface area contributed by atoms with Gasteiger partial charge in [0.15, 0.2) is 11.0 Å². The second-order valence-electron chi connectivity index (χ2n) is 2.82. The lowest BCUT2D eigenvalue weighted by Gasteiger charge is -2.04. The van der Waals surface area contributed by atoms with Crippen LogP contribution in [0, 0.1) is 0 Å². The van der Waals surface area contributed by atoms with Crippen LogP contribution in [0.15, 0.2) is 0 Å². The van der Waals surface area contributed by atoms with Crippen LogP contribution in [0.3, 0.4) is 0 Å². The normalized spacial score (nSPS) is 10.5. The molecule has 0 radical (unpaired) electrons. The van der Waals surface area contributed by atoms with E-state index in [0.717, 1.165) is 0 Å². The molecule has 72 valence electrons. The summed E-state index contributed by atoms with van der Waals surface area (Å²) in [6, 6.07) is 0.0511. The number of halogens is 2. The zero-order valence-electron chi connectivity index (χ0n) is 7.19. The summed E-state index contributed by atoms with van der Waals surface area (Å²) in [4.78, 5) is 17.6. The Hall–Kier alpha value is -0.740. The highest BCUT2D eigenvalue weighted by Crippen LogP contribution is 2.17. The van der Waals surface area contributed by atoms with Gasteiger partial charge in [-0.25, -0.2) is 4.98 Å². The van der Waals surface area contributed by atoms with Crippen LogP contribution in [0.5, 0.6) is 0 Å². The third-order valence-corrected chi connectivity index (χ3v) is 1.90. The van der Waals surface area contributed by atoms with E-state index in [1.54, 1.807) is 0 Å². The van der Waals surface area contributed by atoms with Gasteiger partial charge in [0.1, 0.15) is 5.15 Å². The van der Waals surface area contributed by atoms with E-state index in [2.05, 4.69) is 15.3 Å². The maximum Gasteiger partial charge on any atom is 0.287 e. The van der Waals surface area contributed by atoms with Crippen molar-refractivity contribution in [2.24, 2.45) is 0 Å². The van der Waals surface area contributed by atoms with Gasteiger partial charge in [0.25, 0.3) is 5.91 Å². The topological polar surface area (TPSA) is 57.8 Å². The highest BCUT2D eigenvalue weighted by atomic mass is 35.5. The Balaban J connectivity index is 2.77. The minimum atomic E-state index is -0.316. The molecule has 1 rings (SSSR count). The number of aromatic nitrogens is 2. The lowest BCUT2D eigenvalue weighted by Crippen LogP contribution is -2.30. The monoisotopic (exact) mass is 221 g/mol. The third kappa shape index (κ3) is 2.60. The van der Waals surface area contributed by atoms with Gasteiger partial charge in [0.2, 0.25) is 0 Å². The highest BCUT2D eigenvalue weighted by molar-refractivity contribution is 6.40. The number of H-pyrrole nitrogens is 1. The molecule has 1 aromatic heterocycles.